The van der Waals surface area contributed by atoms with Gasteiger partial charge in [0.25, 0.3) is 0 Å². The van der Waals surface area contributed by atoms with E-state index in [1.54, 1.807) is 0 Å². The van der Waals surface area contributed by atoms with Gasteiger partial charge < -0.3 is 18.9 Å². The number of unbranched alkanes of at least 4 members (excludes halogenated alkanes) is 24. The normalized spacial score (nSPS) is 13.6. The molecule has 10 heteroatoms. The average Bonchev–Trinajstić information content (AvgIpc) is 3.06. The van der Waals surface area contributed by atoms with Crippen LogP contribution >= 0.6 is 7.82 Å². The molecule has 0 bridgehead atoms. The number of ether oxygens (including phenoxy) is 2. The molecule has 0 heterocycles. The van der Waals surface area contributed by atoms with Crippen LogP contribution in [-0.2, 0) is 32.7 Å². The van der Waals surface area contributed by atoms with E-state index in [9.17, 15) is 19.0 Å². The molecule has 0 fully saturated rings. The molecule has 9 nitrogen and oxygen atoms in total. The fraction of sp³-hybridized carbons (Fsp3) is 0.950. The maximum absolute atomic E-state index is 12.5. The summed E-state index contributed by atoms with van der Waals surface area (Å²) in [6, 6.07) is 0. The fourth-order valence-electron chi connectivity index (χ4n) is 5.84. The van der Waals surface area contributed by atoms with Crippen LogP contribution in [0.15, 0.2) is 0 Å². The molecule has 0 aliphatic carbocycles. The van der Waals surface area contributed by atoms with Gasteiger partial charge in [-0.05, 0) is 12.8 Å². The van der Waals surface area contributed by atoms with Crippen molar-refractivity contribution in [2.24, 2.45) is 0 Å². The van der Waals surface area contributed by atoms with Crippen molar-refractivity contribution in [3.63, 3.8) is 0 Å². The third-order valence-electron chi connectivity index (χ3n) is 9.14. The van der Waals surface area contributed by atoms with E-state index in [-0.39, 0.29) is 25.6 Å². The lowest BCUT2D eigenvalue weighted by atomic mass is 10.0. The largest absolute Gasteiger partial charge is 0.472 e. The van der Waals surface area contributed by atoms with Gasteiger partial charge in [-0.3, -0.25) is 18.6 Å². The summed E-state index contributed by atoms with van der Waals surface area (Å²) in [6.45, 7) is 4.41. The van der Waals surface area contributed by atoms with E-state index in [2.05, 4.69) is 13.8 Å². The molecule has 0 saturated carbocycles. The number of carbonyl (C=O) groups is 2. The van der Waals surface area contributed by atoms with Gasteiger partial charge in [0, 0.05) is 12.8 Å². The zero-order valence-corrected chi connectivity index (χ0v) is 34.3. The number of likely N-dealkylation sites (N-methyl/N-ethyl adjacent to an activating group) is 1. The highest BCUT2D eigenvalue weighted by Crippen LogP contribution is 2.43. The fourth-order valence-corrected chi connectivity index (χ4v) is 6.58. The predicted molar refractivity (Wildman–Crippen MR) is 206 cm³/mol. The number of carbonyl (C=O) groups excluding carboxylic acids is 2. The lowest BCUT2D eigenvalue weighted by Crippen LogP contribution is -2.37. The molecule has 0 aromatic carbocycles. The molecule has 2 atom stereocenters. The summed E-state index contributed by atoms with van der Waals surface area (Å²) in [6.07, 6.45) is 31.6. The van der Waals surface area contributed by atoms with Crippen LogP contribution in [0.1, 0.15) is 194 Å². The zero-order chi connectivity index (χ0) is 37.2. The standard InChI is InChI=1S/C40H80NO8P/c1-6-8-10-12-14-16-17-18-19-20-21-22-23-24-25-27-28-30-32-39(42)46-36-38(37-48-50(44,45)47-35-34-41(3,4)5)49-40(43)33-31-29-26-15-13-11-9-7-2/h38H,6-37H2,1-5H3/p+1. The van der Waals surface area contributed by atoms with Crippen LogP contribution in [-0.4, -0.2) is 74.9 Å². The van der Waals surface area contributed by atoms with Gasteiger partial charge in [0.05, 0.1) is 27.7 Å². The van der Waals surface area contributed by atoms with Crippen LogP contribution < -0.4 is 0 Å². The molecular formula is C40H81NO8P+. The highest BCUT2D eigenvalue weighted by Gasteiger charge is 2.27. The summed E-state index contributed by atoms with van der Waals surface area (Å²) < 4.78 is 34.1. The minimum absolute atomic E-state index is 0.0363. The molecule has 0 aromatic rings. The van der Waals surface area contributed by atoms with Crippen molar-refractivity contribution in [1.82, 2.24) is 0 Å². The Kier molecular flexibility index (Phi) is 33.2. The summed E-state index contributed by atoms with van der Waals surface area (Å²) in [5, 5.41) is 0. The van der Waals surface area contributed by atoms with Crippen LogP contribution in [0.4, 0.5) is 0 Å². The first-order valence-corrected chi connectivity index (χ1v) is 22.3. The highest BCUT2D eigenvalue weighted by atomic mass is 31.2. The van der Waals surface area contributed by atoms with E-state index in [4.69, 9.17) is 18.5 Å². The lowest BCUT2D eigenvalue weighted by molar-refractivity contribution is -0.870. The number of nitrogens with zero attached hydrogens (tertiary/aromatic N) is 1. The van der Waals surface area contributed by atoms with Crippen molar-refractivity contribution < 1.29 is 42.1 Å². The molecule has 0 rings (SSSR count). The van der Waals surface area contributed by atoms with E-state index in [1.807, 2.05) is 21.1 Å². The molecule has 1 N–H and O–H groups in total. The number of phosphoric acid groups is 1. The second kappa shape index (κ2) is 33.8. The second-order valence-electron chi connectivity index (χ2n) is 15.4. The highest BCUT2D eigenvalue weighted by molar-refractivity contribution is 7.47. The third-order valence-corrected chi connectivity index (χ3v) is 10.1. The smallest absolute Gasteiger partial charge is 0.462 e. The Balaban J connectivity index is 4.22. The van der Waals surface area contributed by atoms with Crippen LogP contribution in [0, 0.1) is 0 Å². The number of hydrogen-bond donors (Lipinski definition) is 1. The topological polar surface area (TPSA) is 108 Å². The minimum atomic E-state index is -4.36. The van der Waals surface area contributed by atoms with E-state index >= 15 is 0 Å². The van der Waals surface area contributed by atoms with E-state index in [0.29, 0.717) is 23.9 Å². The Morgan fingerprint density at radius 2 is 0.900 bits per heavy atom. The number of esters is 2. The van der Waals surface area contributed by atoms with Gasteiger partial charge in [0.15, 0.2) is 6.10 Å². The van der Waals surface area contributed by atoms with Crippen molar-refractivity contribution >= 4 is 19.8 Å². The van der Waals surface area contributed by atoms with Crippen molar-refractivity contribution in [3.05, 3.63) is 0 Å². The van der Waals surface area contributed by atoms with Gasteiger partial charge >= 0.3 is 19.8 Å². The molecule has 0 spiro atoms. The molecule has 50 heavy (non-hydrogen) atoms. The maximum atomic E-state index is 12.5. The number of phosphoric ester groups is 1. The third kappa shape index (κ3) is 36.8. The Bertz CT molecular complexity index is 835. The Labute approximate surface area is 308 Å². The monoisotopic (exact) mass is 735 g/mol. The average molecular weight is 735 g/mol. The molecule has 0 amide bonds. The molecule has 0 aliphatic rings. The summed E-state index contributed by atoms with van der Waals surface area (Å²) in [4.78, 5) is 35.1. The SMILES string of the molecule is CCCCCCCCCCCCCCCCCCCCC(=O)OCC(COP(=O)(O)OCC[N+](C)(C)C)OC(=O)CCCCCCCCCC. The summed E-state index contributed by atoms with van der Waals surface area (Å²) in [7, 11) is 1.49. The molecule has 0 aromatic heterocycles. The predicted octanol–water partition coefficient (Wildman–Crippen LogP) is 11.2. The van der Waals surface area contributed by atoms with Crippen LogP contribution in [0.5, 0.6) is 0 Å². The Hall–Kier alpha value is -0.990. The lowest BCUT2D eigenvalue weighted by Gasteiger charge is -2.24. The van der Waals surface area contributed by atoms with Gasteiger partial charge in [-0.15, -0.1) is 0 Å². The van der Waals surface area contributed by atoms with Gasteiger partial charge in [-0.1, -0.05) is 168 Å². The van der Waals surface area contributed by atoms with Crippen LogP contribution in [0.25, 0.3) is 0 Å². The van der Waals surface area contributed by atoms with E-state index in [0.717, 1.165) is 32.1 Å². The molecule has 0 radical (unpaired) electrons. The summed E-state index contributed by atoms with van der Waals surface area (Å²) in [5.74, 6) is -0.792. The van der Waals surface area contributed by atoms with E-state index in [1.165, 1.54) is 128 Å². The quantitative estimate of drug-likeness (QED) is 0.0289. The maximum Gasteiger partial charge on any atom is 0.472 e. The minimum Gasteiger partial charge on any atom is -0.462 e. The van der Waals surface area contributed by atoms with Gasteiger partial charge in [0.2, 0.25) is 0 Å². The second-order valence-corrected chi connectivity index (χ2v) is 16.8. The molecule has 2 unspecified atom stereocenters. The number of hydrogen-bond acceptors (Lipinski definition) is 7. The Morgan fingerprint density at radius 1 is 0.540 bits per heavy atom. The van der Waals surface area contributed by atoms with Gasteiger partial charge in [-0.25, -0.2) is 4.57 Å². The van der Waals surface area contributed by atoms with Crippen LogP contribution in [0.2, 0.25) is 0 Å². The van der Waals surface area contributed by atoms with Crippen molar-refractivity contribution in [1.29, 1.82) is 0 Å². The first kappa shape index (κ1) is 49.0. The molecular weight excluding hydrogens is 653 g/mol. The van der Waals surface area contributed by atoms with Gasteiger partial charge in [0.1, 0.15) is 19.8 Å². The summed E-state index contributed by atoms with van der Waals surface area (Å²) >= 11 is 0. The van der Waals surface area contributed by atoms with Gasteiger partial charge in [-0.2, -0.15) is 0 Å². The van der Waals surface area contributed by atoms with Crippen molar-refractivity contribution in [2.75, 3.05) is 47.5 Å². The van der Waals surface area contributed by atoms with Crippen LogP contribution in [0.3, 0.4) is 0 Å². The molecule has 0 saturated heterocycles. The first-order chi connectivity index (χ1) is 24.0. The Morgan fingerprint density at radius 3 is 1.28 bits per heavy atom. The number of rotatable bonds is 38. The summed E-state index contributed by atoms with van der Waals surface area (Å²) in [5.41, 5.74) is 0. The molecule has 298 valence electrons. The first-order valence-electron chi connectivity index (χ1n) is 20.8. The molecule has 0 aliphatic heterocycles. The zero-order valence-electron chi connectivity index (χ0n) is 33.4. The van der Waals surface area contributed by atoms with E-state index < -0.39 is 26.5 Å². The van der Waals surface area contributed by atoms with Crippen molar-refractivity contribution in [3.8, 4) is 0 Å². The van der Waals surface area contributed by atoms with Crippen molar-refractivity contribution in [2.45, 2.75) is 200 Å². The number of quaternary nitrogens is 1.